The number of rotatable bonds is 4. The Balaban J connectivity index is 1.99. The molecule has 0 amide bonds. The van der Waals surface area contributed by atoms with Gasteiger partial charge in [-0.25, -0.2) is 9.79 Å². The van der Waals surface area contributed by atoms with Gasteiger partial charge in [0.25, 0.3) is 0 Å². The molecule has 0 aliphatic carbocycles. The number of methoxy groups -OCH3 is 2. The molecular weight excluding hydrogens is 374 g/mol. The lowest BCUT2D eigenvalue weighted by Crippen LogP contribution is -2.05. The quantitative estimate of drug-likeness (QED) is 0.591. The van der Waals surface area contributed by atoms with E-state index in [0.717, 1.165) is 10.0 Å². The fraction of sp³-hybridized carbons (Fsp3) is 0.111. The molecule has 0 saturated heterocycles. The third-order valence-corrected chi connectivity index (χ3v) is 3.97. The fourth-order valence-corrected chi connectivity index (χ4v) is 2.56. The minimum Gasteiger partial charge on any atom is -0.493 e. The summed E-state index contributed by atoms with van der Waals surface area (Å²) in [7, 11) is 3.10. The largest absolute Gasteiger partial charge is 0.493 e. The Kier molecular flexibility index (Phi) is 4.66. The minimum atomic E-state index is -0.502. The lowest BCUT2D eigenvalue weighted by molar-refractivity contribution is -0.129. The van der Waals surface area contributed by atoms with E-state index in [-0.39, 0.29) is 11.6 Å². The summed E-state index contributed by atoms with van der Waals surface area (Å²) >= 11 is 3.37. The first-order valence-corrected chi connectivity index (χ1v) is 7.91. The molecule has 6 heteroatoms. The van der Waals surface area contributed by atoms with Crippen molar-refractivity contribution in [2.75, 3.05) is 14.2 Å². The zero-order valence-corrected chi connectivity index (χ0v) is 14.7. The van der Waals surface area contributed by atoms with Crippen molar-refractivity contribution in [3.63, 3.8) is 0 Å². The van der Waals surface area contributed by atoms with Crippen LogP contribution in [0.1, 0.15) is 11.1 Å². The molecule has 122 valence electrons. The molecule has 0 unspecified atom stereocenters. The number of carbonyl (C=O) groups is 1. The van der Waals surface area contributed by atoms with Gasteiger partial charge in [-0.15, -0.1) is 0 Å². The van der Waals surface area contributed by atoms with Crippen molar-refractivity contribution in [3.05, 3.63) is 63.8 Å². The maximum Gasteiger partial charge on any atom is 0.363 e. The molecule has 0 aromatic heterocycles. The van der Waals surface area contributed by atoms with Gasteiger partial charge in [0.05, 0.1) is 14.2 Å². The Hall–Kier alpha value is -2.60. The van der Waals surface area contributed by atoms with Crippen LogP contribution < -0.4 is 9.47 Å². The van der Waals surface area contributed by atoms with Crippen molar-refractivity contribution in [2.24, 2.45) is 4.99 Å². The summed E-state index contributed by atoms with van der Waals surface area (Å²) in [5, 5.41) is 0. The van der Waals surface area contributed by atoms with Crippen molar-refractivity contribution in [1.82, 2.24) is 0 Å². The first-order valence-electron chi connectivity index (χ1n) is 7.12. The van der Waals surface area contributed by atoms with Crippen molar-refractivity contribution >= 4 is 33.9 Å². The topological polar surface area (TPSA) is 57.1 Å². The van der Waals surface area contributed by atoms with E-state index in [0.29, 0.717) is 17.1 Å². The zero-order valence-electron chi connectivity index (χ0n) is 13.1. The second-order valence-corrected chi connectivity index (χ2v) is 5.84. The average Bonchev–Trinajstić information content (AvgIpc) is 2.96. The van der Waals surface area contributed by atoms with Crippen LogP contribution in [0.15, 0.2) is 57.6 Å². The number of halogens is 1. The predicted octanol–water partition coefficient (Wildman–Crippen LogP) is 3.81. The third kappa shape index (κ3) is 3.19. The monoisotopic (exact) mass is 387 g/mol. The molecule has 1 aliphatic rings. The van der Waals surface area contributed by atoms with Gasteiger partial charge in [-0.2, -0.15) is 0 Å². The minimum absolute atomic E-state index is 0.208. The van der Waals surface area contributed by atoms with Gasteiger partial charge in [0.15, 0.2) is 17.2 Å². The van der Waals surface area contributed by atoms with Crippen LogP contribution in [0.3, 0.4) is 0 Å². The van der Waals surface area contributed by atoms with Gasteiger partial charge in [-0.3, -0.25) is 0 Å². The Morgan fingerprint density at radius 3 is 2.50 bits per heavy atom. The second kappa shape index (κ2) is 6.88. The fourth-order valence-electron chi connectivity index (χ4n) is 2.30. The lowest BCUT2D eigenvalue weighted by atomic mass is 10.1. The van der Waals surface area contributed by atoms with Gasteiger partial charge in [0, 0.05) is 15.6 Å². The van der Waals surface area contributed by atoms with Crippen molar-refractivity contribution in [1.29, 1.82) is 0 Å². The summed E-state index contributed by atoms with van der Waals surface area (Å²) < 4.78 is 16.8. The van der Waals surface area contributed by atoms with E-state index in [9.17, 15) is 4.79 Å². The van der Waals surface area contributed by atoms with Crippen LogP contribution in [0, 0.1) is 0 Å². The summed E-state index contributed by atoms with van der Waals surface area (Å²) in [5.41, 5.74) is 1.62. The van der Waals surface area contributed by atoms with Crippen molar-refractivity contribution in [2.45, 2.75) is 0 Å². The molecule has 0 atom stereocenters. The summed E-state index contributed by atoms with van der Waals surface area (Å²) in [6.45, 7) is 0. The highest BCUT2D eigenvalue weighted by Crippen LogP contribution is 2.33. The lowest BCUT2D eigenvalue weighted by Gasteiger charge is -2.09. The van der Waals surface area contributed by atoms with Gasteiger partial charge >= 0.3 is 5.97 Å². The van der Waals surface area contributed by atoms with E-state index in [1.54, 1.807) is 26.4 Å². The molecule has 1 heterocycles. The van der Waals surface area contributed by atoms with Crippen LogP contribution >= 0.6 is 15.9 Å². The molecule has 0 N–H and O–H groups in total. The molecule has 5 nitrogen and oxygen atoms in total. The first-order chi connectivity index (χ1) is 11.6. The average molecular weight is 388 g/mol. The third-order valence-electron chi connectivity index (χ3n) is 3.44. The Bertz CT molecular complexity index is 841. The number of para-hydroxylation sites is 1. The number of carbonyl (C=O) groups excluding carboxylic acids is 1. The van der Waals surface area contributed by atoms with Crippen molar-refractivity contribution in [3.8, 4) is 11.5 Å². The Morgan fingerprint density at radius 2 is 1.83 bits per heavy atom. The van der Waals surface area contributed by atoms with Gasteiger partial charge in [0.2, 0.25) is 5.90 Å². The van der Waals surface area contributed by atoms with E-state index in [4.69, 9.17) is 14.2 Å². The van der Waals surface area contributed by atoms with Gasteiger partial charge in [0.1, 0.15) is 0 Å². The maximum absolute atomic E-state index is 12.1. The van der Waals surface area contributed by atoms with Crippen LogP contribution in [0.25, 0.3) is 6.08 Å². The normalized spacial score (nSPS) is 15.2. The molecular formula is C18H14BrNO4. The van der Waals surface area contributed by atoms with E-state index < -0.39 is 5.97 Å². The first kappa shape index (κ1) is 16.3. The molecule has 24 heavy (non-hydrogen) atoms. The van der Waals surface area contributed by atoms with Crippen LogP contribution in [0.2, 0.25) is 0 Å². The number of ether oxygens (including phenoxy) is 3. The highest BCUT2D eigenvalue weighted by molar-refractivity contribution is 9.10. The zero-order chi connectivity index (χ0) is 17.1. The maximum atomic E-state index is 12.1. The molecule has 0 spiro atoms. The van der Waals surface area contributed by atoms with Crippen LogP contribution in [0.5, 0.6) is 11.5 Å². The van der Waals surface area contributed by atoms with E-state index in [2.05, 4.69) is 20.9 Å². The smallest absolute Gasteiger partial charge is 0.363 e. The number of aliphatic imine (C=N–C) groups is 1. The molecule has 0 bridgehead atoms. The number of esters is 1. The summed E-state index contributed by atoms with van der Waals surface area (Å²) in [6.07, 6.45) is 1.62. The van der Waals surface area contributed by atoms with Crippen molar-refractivity contribution < 1.29 is 19.0 Å². The summed E-state index contributed by atoms with van der Waals surface area (Å²) in [4.78, 5) is 16.4. The van der Waals surface area contributed by atoms with E-state index >= 15 is 0 Å². The van der Waals surface area contributed by atoms with Gasteiger partial charge < -0.3 is 14.2 Å². The SMILES string of the molecule is COc1cccc(/C=C2/N=C(c3ccc(Br)cc3)OC2=O)c1OC. The molecule has 0 fully saturated rings. The van der Waals surface area contributed by atoms with Gasteiger partial charge in [-0.05, 0) is 36.4 Å². The standard InChI is InChI=1S/C18H14BrNO4/c1-22-15-5-3-4-12(16(15)23-2)10-14-18(21)24-17(20-14)11-6-8-13(19)9-7-11/h3-10H,1-2H3/b14-10+. The second-order valence-electron chi connectivity index (χ2n) is 4.93. The molecule has 2 aromatic carbocycles. The molecule has 3 rings (SSSR count). The number of cyclic esters (lactones) is 1. The van der Waals surface area contributed by atoms with Gasteiger partial charge in [-0.1, -0.05) is 28.1 Å². The van der Waals surface area contributed by atoms with Crippen LogP contribution in [-0.2, 0) is 9.53 Å². The molecule has 0 radical (unpaired) electrons. The Labute approximate surface area is 147 Å². The van der Waals surface area contributed by atoms with E-state index in [1.807, 2.05) is 36.4 Å². The number of hydrogen-bond acceptors (Lipinski definition) is 5. The van der Waals surface area contributed by atoms with Crippen LogP contribution in [-0.4, -0.2) is 26.1 Å². The summed E-state index contributed by atoms with van der Waals surface area (Å²) in [5.74, 6) is 0.890. The predicted molar refractivity (Wildman–Crippen MR) is 94.3 cm³/mol. The molecule has 0 saturated carbocycles. The highest BCUT2D eigenvalue weighted by Gasteiger charge is 2.24. The molecule has 1 aliphatic heterocycles. The number of benzene rings is 2. The number of hydrogen-bond donors (Lipinski definition) is 0. The molecule has 2 aromatic rings. The highest BCUT2D eigenvalue weighted by atomic mass is 79.9. The summed E-state index contributed by atoms with van der Waals surface area (Å²) in [6, 6.07) is 12.8. The van der Waals surface area contributed by atoms with E-state index in [1.165, 1.54) is 0 Å². The number of nitrogens with zero attached hydrogens (tertiary/aromatic N) is 1. The Morgan fingerprint density at radius 1 is 1.08 bits per heavy atom. The van der Waals surface area contributed by atoms with Crippen LogP contribution in [0.4, 0.5) is 0 Å².